The van der Waals surface area contributed by atoms with Crippen molar-refractivity contribution < 1.29 is 23.4 Å². The topological polar surface area (TPSA) is 46.5 Å². The number of carboxylic acids is 1. The molecule has 0 fully saturated rings. The van der Waals surface area contributed by atoms with Crippen LogP contribution >= 0.6 is 0 Å². The summed E-state index contributed by atoms with van der Waals surface area (Å²) in [7, 11) is 1.30. The van der Waals surface area contributed by atoms with Crippen LogP contribution in [0, 0.1) is 11.6 Å². The van der Waals surface area contributed by atoms with Crippen LogP contribution in [-0.4, -0.2) is 24.8 Å². The largest absolute Gasteiger partial charge is 0.481 e. The first-order valence-electron chi connectivity index (χ1n) is 4.23. The van der Waals surface area contributed by atoms with E-state index >= 15 is 0 Å². The second kappa shape index (κ2) is 4.84. The summed E-state index contributed by atoms with van der Waals surface area (Å²) in [6.07, 6.45) is 0. The molecule has 15 heavy (non-hydrogen) atoms. The fourth-order valence-electron chi connectivity index (χ4n) is 1.24. The zero-order valence-corrected chi connectivity index (χ0v) is 8.04. The lowest BCUT2D eigenvalue weighted by atomic mass is 9.99. The summed E-state index contributed by atoms with van der Waals surface area (Å²) in [5.41, 5.74) is -0.204. The Bertz CT molecular complexity index is 366. The number of hydrogen-bond acceptors (Lipinski definition) is 2. The lowest BCUT2D eigenvalue weighted by Crippen LogP contribution is -2.18. The number of methoxy groups -OCH3 is 1. The molecule has 1 aromatic rings. The van der Waals surface area contributed by atoms with E-state index in [4.69, 9.17) is 5.11 Å². The molecule has 3 nitrogen and oxygen atoms in total. The molecule has 0 spiro atoms. The monoisotopic (exact) mass is 216 g/mol. The molecule has 0 aliphatic carbocycles. The summed E-state index contributed by atoms with van der Waals surface area (Å²) in [4.78, 5) is 10.8. The maximum absolute atomic E-state index is 13.2. The highest BCUT2D eigenvalue weighted by Gasteiger charge is 2.23. The minimum atomic E-state index is -1.25. The third kappa shape index (κ3) is 2.73. The predicted octanol–water partition coefficient (Wildman–Crippen LogP) is 1.78. The molecule has 82 valence electrons. The first-order chi connectivity index (χ1) is 7.06. The Morgan fingerprint density at radius 3 is 2.73 bits per heavy atom. The van der Waals surface area contributed by atoms with Gasteiger partial charge < -0.3 is 9.84 Å². The summed E-state index contributed by atoms with van der Waals surface area (Å²) in [5.74, 6) is -3.86. The Balaban J connectivity index is 3.09. The summed E-state index contributed by atoms with van der Waals surface area (Å²) >= 11 is 0. The molecule has 0 radical (unpaired) electrons. The van der Waals surface area contributed by atoms with Crippen molar-refractivity contribution in [2.45, 2.75) is 5.92 Å². The molecule has 0 aliphatic heterocycles. The van der Waals surface area contributed by atoms with E-state index in [9.17, 15) is 13.6 Å². The zero-order chi connectivity index (χ0) is 11.4. The molecule has 1 rings (SSSR count). The summed E-state index contributed by atoms with van der Waals surface area (Å²) in [6, 6.07) is 2.70. The van der Waals surface area contributed by atoms with Gasteiger partial charge in [-0.15, -0.1) is 0 Å². The third-order valence-corrected chi connectivity index (χ3v) is 1.96. The van der Waals surface area contributed by atoms with E-state index in [1.807, 2.05) is 0 Å². The second-order valence-electron chi connectivity index (χ2n) is 3.01. The van der Waals surface area contributed by atoms with Crippen LogP contribution < -0.4 is 0 Å². The standard InChI is InChI=1S/C10H10F2O3/c1-15-5-8(10(13)14)7-4-6(11)2-3-9(7)12/h2-4,8H,5H2,1H3,(H,13,14). The van der Waals surface area contributed by atoms with Gasteiger partial charge in [0.1, 0.15) is 17.6 Å². The summed E-state index contributed by atoms with van der Waals surface area (Å²) < 4.78 is 30.7. The second-order valence-corrected chi connectivity index (χ2v) is 3.01. The van der Waals surface area contributed by atoms with E-state index < -0.39 is 23.5 Å². The molecule has 0 saturated heterocycles. The van der Waals surface area contributed by atoms with Crippen molar-refractivity contribution in [3.05, 3.63) is 35.4 Å². The normalized spacial score (nSPS) is 12.5. The van der Waals surface area contributed by atoms with Crippen molar-refractivity contribution in [3.63, 3.8) is 0 Å². The number of hydrogen-bond donors (Lipinski definition) is 1. The van der Waals surface area contributed by atoms with E-state index in [1.165, 1.54) is 7.11 Å². The number of halogens is 2. The molecular weight excluding hydrogens is 206 g/mol. The zero-order valence-electron chi connectivity index (χ0n) is 8.04. The van der Waals surface area contributed by atoms with E-state index in [-0.39, 0.29) is 12.2 Å². The Morgan fingerprint density at radius 2 is 2.20 bits per heavy atom. The van der Waals surface area contributed by atoms with Crippen molar-refractivity contribution in [1.82, 2.24) is 0 Å². The molecule has 1 N–H and O–H groups in total. The van der Waals surface area contributed by atoms with Crippen molar-refractivity contribution in [2.75, 3.05) is 13.7 Å². The highest BCUT2D eigenvalue weighted by molar-refractivity contribution is 5.76. The van der Waals surface area contributed by atoms with Crippen LogP contribution in [0.15, 0.2) is 18.2 Å². The van der Waals surface area contributed by atoms with Crippen molar-refractivity contribution in [2.24, 2.45) is 0 Å². The van der Waals surface area contributed by atoms with Gasteiger partial charge in [-0.05, 0) is 18.2 Å². The minimum Gasteiger partial charge on any atom is -0.481 e. The van der Waals surface area contributed by atoms with Gasteiger partial charge in [-0.2, -0.15) is 0 Å². The smallest absolute Gasteiger partial charge is 0.313 e. The number of carboxylic acid groups (broad SMARTS) is 1. The Morgan fingerprint density at radius 1 is 1.53 bits per heavy atom. The van der Waals surface area contributed by atoms with Crippen LogP contribution in [-0.2, 0) is 9.53 Å². The highest BCUT2D eigenvalue weighted by Crippen LogP contribution is 2.21. The number of carbonyl (C=O) groups is 1. The predicted molar refractivity (Wildman–Crippen MR) is 48.6 cm³/mol. The quantitative estimate of drug-likeness (QED) is 0.834. The van der Waals surface area contributed by atoms with Gasteiger partial charge in [0.25, 0.3) is 0 Å². The maximum Gasteiger partial charge on any atom is 0.313 e. The van der Waals surface area contributed by atoms with E-state index in [0.717, 1.165) is 18.2 Å². The van der Waals surface area contributed by atoms with Gasteiger partial charge in [0.2, 0.25) is 0 Å². The summed E-state index contributed by atoms with van der Waals surface area (Å²) in [5, 5.41) is 8.80. The van der Waals surface area contributed by atoms with Gasteiger partial charge in [-0.1, -0.05) is 0 Å². The Hall–Kier alpha value is -1.49. The number of rotatable bonds is 4. The van der Waals surface area contributed by atoms with Gasteiger partial charge in [-0.3, -0.25) is 4.79 Å². The van der Waals surface area contributed by atoms with Gasteiger partial charge in [0.15, 0.2) is 0 Å². The van der Waals surface area contributed by atoms with Crippen LogP contribution in [0.4, 0.5) is 8.78 Å². The Labute approximate surface area is 85.3 Å². The molecule has 1 unspecified atom stereocenters. The average Bonchev–Trinajstić information content (AvgIpc) is 2.18. The summed E-state index contributed by atoms with van der Waals surface area (Å²) in [6.45, 7) is -0.199. The van der Waals surface area contributed by atoms with E-state index in [1.54, 1.807) is 0 Å². The van der Waals surface area contributed by atoms with Gasteiger partial charge in [0, 0.05) is 12.7 Å². The van der Waals surface area contributed by atoms with Crippen LogP contribution in [0.2, 0.25) is 0 Å². The first kappa shape index (κ1) is 11.6. The fraction of sp³-hybridized carbons (Fsp3) is 0.300. The van der Waals surface area contributed by atoms with Crippen molar-refractivity contribution >= 4 is 5.97 Å². The van der Waals surface area contributed by atoms with Crippen molar-refractivity contribution in [3.8, 4) is 0 Å². The maximum atomic E-state index is 13.2. The Kier molecular flexibility index (Phi) is 3.74. The number of aliphatic carboxylic acids is 1. The van der Waals surface area contributed by atoms with Crippen molar-refractivity contribution in [1.29, 1.82) is 0 Å². The molecule has 0 aliphatic rings. The van der Waals surface area contributed by atoms with E-state index in [0.29, 0.717) is 0 Å². The molecular formula is C10H10F2O3. The van der Waals surface area contributed by atoms with Gasteiger partial charge in [-0.25, -0.2) is 8.78 Å². The molecule has 0 bridgehead atoms. The number of ether oxygens (including phenoxy) is 1. The van der Waals surface area contributed by atoms with E-state index in [2.05, 4.69) is 4.74 Å². The third-order valence-electron chi connectivity index (χ3n) is 1.96. The van der Waals surface area contributed by atoms with Gasteiger partial charge in [0.05, 0.1) is 6.61 Å². The van der Waals surface area contributed by atoms with Crippen LogP contribution in [0.5, 0.6) is 0 Å². The average molecular weight is 216 g/mol. The van der Waals surface area contributed by atoms with Gasteiger partial charge >= 0.3 is 5.97 Å². The van der Waals surface area contributed by atoms with Crippen LogP contribution in [0.25, 0.3) is 0 Å². The molecule has 0 aromatic heterocycles. The first-order valence-corrected chi connectivity index (χ1v) is 4.23. The molecule has 0 amide bonds. The molecule has 1 atom stereocenters. The molecule has 0 heterocycles. The molecule has 0 saturated carbocycles. The molecule has 5 heteroatoms. The molecule has 1 aromatic carbocycles. The highest BCUT2D eigenvalue weighted by atomic mass is 19.1. The van der Waals surface area contributed by atoms with Crippen LogP contribution in [0.3, 0.4) is 0 Å². The minimum absolute atomic E-state index is 0.199. The lowest BCUT2D eigenvalue weighted by Gasteiger charge is -2.12. The fourth-order valence-corrected chi connectivity index (χ4v) is 1.24. The lowest BCUT2D eigenvalue weighted by molar-refractivity contribution is -0.140. The SMILES string of the molecule is COCC(C(=O)O)c1cc(F)ccc1F. The number of benzene rings is 1. The van der Waals surface area contributed by atoms with Crippen LogP contribution in [0.1, 0.15) is 11.5 Å².